The number of carboxylic acid groups (broad SMARTS) is 1. The van der Waals surface area contributed by atoms with Gasteiger partial charge in [-0.15, -0.1) is 0 Å². The Labute approximate surface area is 145 Å². The van der Waals surface area contributed by atoms with Crippen LogP contribution in [0.1, 0.15) is 47.0 Å². The van der Waals surface area contributed by atoms with Crippen LogP contribution in [0.5, 0.6) is 0 Å². The zero-order chi connectivity index (χ0) is 18.1. The van der Waals surface area contributed by atoms with E-state index >= 15 is 0 Å². The Morgan fingerprint density at radius 3 is 2.33 bits per heavy atom. The summed E-state index contributed by atoms with van der Waals surface area (Å²) in [6.45, 7) is 11.3. The maximum Gasteiger partial charge on any atom is 0.317 e. The van der Waals surface area contributed by atoms with E-state index in [0.717, 1.165) is 32.4 Å². The molecule has 1 unspecified atom stereocenters. The van der Waals surface area contributed by atoms with Crippen LogP contribution in [0.4, 0.5) is 4.79 Å². The van der Waals surface area contributed by atoms with Gasteiger partial charge in [-0.25, -0.2) is 4.79 Å². The summed E-state index contributed by atoms with van der Waals surface area (Å²) in [5, 5.41) is 12.0. The average Bonchev–Trinajstić information content (AvgIpc) is 2.99. The number of likely N-dealkylation sites (N-methyl/N-ethyl adjacent to an activating group) is 1. The zero-order valence-electron chi connectivity index (χ0n) is 15.8. The van der Waals surface area contributed by atoms with E-state index in [1.54, 1.807) is 0 Å². The van der Waals surface area contributed by atoms with Gasteiger partial charge in [0, 0.05) is 25.7 Å². The van der Waals surface area contributed by atoms with Crippen molar-refractivity contribution in [2.45, 2.75) is 53.0 Å². The van der Waals surface area contributed by atoms with Gasteiger partial charge in [-0.05, 0) is 43.1 Å². The summed E-state index contributed by atoms with van der Waals surface area (Å²) in [5.74, 6) is -0.276. The number of carbonyl (C=O) groups excluding carboxylic acids is 1. The first-order chi connectivity index (χ1) is 11.1. The Kier molecular flexibility index (Phi) is 5.47. The number of hydrogen-bond donors (Lipinski definition) is 2. The van der Waals surface area contributed by atoms with Crippen molar-refractivity contribution >= 4 is 12.0 Å². The Balaban J connectivity index is 1.79. The van der Waals surface area contributed by atoms with Crippen LogP contribution in [0.3, 0.4) is 0 Å². The van der Waals surface area contributed by atoms with Crippen molar-refractivity contribution in [3.63, 3.8) is 0 Å². The van der Waals surface area contributed by atoms with E-state index in [4.69, 9.17) is 5.11 Å². The lowest BCUT2D eigenvalue weighted by Gasteiger charge is -2.25. The van der Waals surface area contributed by atoms with Gasteiger partial charge in [-0.3, -0.25) is 9.69 Å². The lowest BCUT2D eigenvalue weighted by atomic mass is 10.0. The van der Waals surface area contributed by atoms with Crippen LogP contribution < -0.4 is 5.32 Å². The number of nitrogens with zero attached hydrogens (tertiary/aromatic N) is 2. The Morgan fingerprint density at radius 1 is 1.17 bits per heavy atom. The van der Waals surface area contributed by atoms with Gasteiger partial charge in [0.1, 0.15) is 0 Å². The Hall–Kier alpha value is -1.30. The van der Waals surface area contributed by atoms with Crippen LogP contribution in [0.25, 0.3) is 0 Å². The lowest BCUT2D eigenvalue weighted by molar-refractivity contribution is -0.138. The van der Waals surface area contributed by atoms with Crippen LogP contribution >= 0.6 is 0 Å². The second kappa shape index (κ2) is 6.90. The molecule has 1 heterocycles. The first kappa shape index (κ1) is 19.0. The molecule has 0 aromatic heterocycles. The van der Waals surface area contributed by atoms with Crippen molar-refractivity contribution in [1.29, 1.82) is 0 Å². The highest BCUT2D eigenvalue weighted by molar-refractivity contribution is 5.74. The predicted molar refractivity (Wildman–Crippen MR) is 93.9 cm³/mol. The average molecular weight is 339 g/mol. The number of hydrogen-bond acceptors (Lipinski definition) is 3. The van der Waals surface area contributed by atoms with Crippen molar-refractivity contribution in [3.05, 3.63) is 0 Å². The predicted octanol–water partition coefficient (Wildman–Crippen LogP) is 2.25. The molecule has 1 aliphatic carbocycles. The fraction of sp³-hybridized carbons (Fsp3) is 0.889. The minimum absolute atomic E-state index is 0.0232. The highest BCUT2D eigenvalue weighted by Gasteiger charge is 2.64. The van der Waals surface area contributed by atoms with Gasteiger partial charge in [0.2, 0.25) is 0 Å². The molecular formula is C18H33N3O3. The van der Waals surface area contributed by atoms with Gasteiger partial charge in [-0.2, -0.15) is 0 Å². The summed E-state index contributed by atoms with van der Waals surface area (Å²) in [6, 6.07) is 0.259. The second-order valence-electron chi connectivity index (χ2n) is 8.56. The number of amides is 2. The van der Waals surface area contributed by atoms with Gasteiger partial charge in [-0.1, -0.05) is 27.7 Å². The minimum atomic E-state index is -0.800. The van der Waals surface area contributed by atoms with Crippen LogP contribution in [-0.4, -0.2) is 66.2 Å². The number of carboxylic acids is 1. The summed E-state index contributed by atoms with van der Waals surface area (Å²) in [6.07, 6.45) is 2.69. The Bertz CT molecular complexity index is 476. The van der Waals surface area contributed by atoms with Crippen LogP contribution in [0.2, 0.25) is 0 Å². The van der Waals surface area contributed by atoms with Gasteiger partial charge in [0.05, 0.1) is 6.54 Å². The molecule has 6 nitrogen and oxygen atoms in total. The van der Waals surface area contributed by atoms with Crippen molar-refractivity contribution in [1.82, 2.24) is 15.1 Å². The van der Waals surface area contributed by atoms with Gasteiger partial charge in [0.15, 0.2) is 0 Å². The lowest BCUT2D eigenvalue weighted by Crippen LogP contribution is -2.42. The number of aliphatic carboxylic acids is 1. The zero-order valence-corrected chi connectivity index (χ0v) is 15.8. The molecule has 1 atom stereocenters. The van der Waals surface area contributed by atoms with E-state index in [1.165, 1.54) is 0 Å². The van der Waals surface area contributed by atoms with E-state index in [0.29, 0.717) is 12.5 Å². The fourth-order valence-electron chi connectivity index (χ4n) is 4.21. The largest absolute Gasteiger partial charge is 0.480 e. The summed E-state index contributed by atoms with van der Waals surface area (Å²) in [4.78, 5) is 27.1. The van der Waals surface area contributed by atoms with Crippen LogP contribution in [0, 0.1) is 16.7 Å². The number of urea groups is 1. The molecule has 2 rings (SSSR count). The van der Waals surface area contributed by atoms with E-state index in [-0.39, 0.29) is 29.4 Å². The highest BCUT2D eigenvalue weighted by atomic mass is 16.4. The molecule has 1 saturated heterocycles. The van der Waals surface area contributed by atoms with E-state index in [9.17, 15) is 9.59 Å². The molecule has 2 N–H and O–H groups in total. The van der Waals surface area contributed by atoms with E-state index < -0.39 is 5.97 Å². The molecule has 6 heteroatoms. The molecule has 2 aliphatic rings. The molecule has 2 amide bonds. The van der Waals surface area contributed by atoms with E-state index in [2.05, 4.69) is 33.0 Å². The van der Waals surface area contributed by atoms with Gasteiger partial charge in [0.25, 0.3) is 0 Å². The quantitative estimate of drug-likeness (QED) is 0.806. The monoisotopic (exact) mass is 339 g/mol. The molecule has 0 aromatic carbocycles. The molecule has 0 spiro atoms. The number of nitrogens with one attached hydrogen (secondary N) is 1. The van der Waals surface area contributed by atoms with Gasteiger partial charge < -0.3 is 15.3 Å². The molecule has 0 aromatic rings. The third-order valence-electron chi connectivity index (χ3n) is 6.77. The molecule has 2 fully saturated rings. The smallest absolute Gasteiger partial charge is 0.317 e. The molecule has 0 bridgehead atoms. The SMILES string of the molecule is CN(CC(=O)O)C1CCCN(C(=O)NCC2C(C)(C)C2(C)C)CC1. The second-order valence-corrected chi connectivity index (χ2v) is 8.56. The molecule has 24 heavy (non-hydrogen) atoms. The normalized spacial score (nSPS) is 26.1. The third-order valence-corrected chi connectivity index (χ3v) is 6.77. The summed E-state index contributed by atoms with van der Waals surface area (Å²) in [7, 11) is 1.85. The number of rotatable bonds is 5. The maximum absolute atomic E-state index is 12.5. The summed E-state index contributed by atoms with van der Waals surface area (Å²) >= 11 is 0. The molecule has 0 radical (unpaired) electrons. The van der Waals surface area contributed by atoms with Crippen molar-refractivity contribution in [3.8, 4) is 0 Å². The van der Waals surface area contributed by atoms with Gasteiger partial charge >= 0.3 is 12.0 Å². The maximum atomic E-state index is 12.5. The highest BCUT2D eigenvalue weighted by Crippen LogP contribution is 2.67. The fourth-order valence-corrected chi connectivity index (χ4v) is 4.21. The summed E-state index contributed by atoms with van der Waals surface area (Å²) in [5.41, 5.74) is 0.563. The standard InChI is InChI=1S/C18H33N3O3/c1-17(2)14(18(17,3)4)11-19-16(24)21-9-6-7-13(8-10-21)20(5)12-15(22)23/h13-14H,6-12H2,1-5H3,(H,19,24)(H,22,23). The third kappa shape index (κ3) is 3.85. The van der Waals surface area contributed by atoms with Crippen LogP contribution in [-0.2, 0) is 4.79 Å². The molecule has 138 valence electrons. The first-order valence-corrected chi connectivity index (χ1v) is 9.02. The van der Waals surface area contributed by atoms with Crippen molar-refractivity contribution < 1.29 is 14.7 Å². The molecular weight excluding hydrogens is 306 g/mol. The Morgan fingerprint density at radius 2 is 1.79 bits per heavy atom. The molecule has 1 saturated carbocycles. The first-order valence-electron chi connectivity index (χ1n) is 9.02. The summed E-state index contributed by atoms with van der Waals surface area (Å²) < 4.78 is 0. The van der Waals surface area contributed by atoms with Crippen molar-refractivity contribution in [2.24, 2.45) is 16.7 Å². The minimum Gasteiger partial charge on any atom is -0.480 e. The van der Waals surface area contributed by atoms with E-state index in [1.807, 2.05) is 16.8 Å². The molecule has 1 aliphatic heterocycles. The van der Waals surface area contributed by atoms with Crippen LogP contribution in [0.15, 0.2) is 0 Å². The number of carbonyl (C=O) groups is 2. The number of likely N-dealkylation sites (tertiary alicyclic amines) is 1. The topological polar surface area (TPSA) is 72.9 Å². The van der Waals surface area contributed by atoms with Crippen molar-refractivity contribution in [2.75, 3.05) is 33.2 Å².